The van der Waals surface area contributed by atoms with E-state index in [0.717, 1.165) is 39.1 Å². The predicted molar refractivity (Wildman–Crippen MR) is 112 cm³/mol. The predicted octanol–water partition coefficient (Wildman–Crippen LogP) is 6.12. The SMILES string of the molecule is CCCCCCCCC(CCOCC1CO1)C(CC)(OC(C)C)OC(C)C. The Morgan fingerprint density at radius 3 is 2.00 bits per heavy atom. The monoisotopic (exact) mass is 386 g/mol. The van der Waals surface area contributed by atoms with Gasteiger partial charge in [0.25, 0.3) is 0 Å². The molecule has 1 aliphatic rings. The van der Waals surface area contributed by atoms with Gasteiger partial charge in [0.15, 0.2) is 5.79 Å². The summed E-state index contributed by atoms with van der Waals surface area (Å²) in [5.74, 6) is -0.149. The van der Waals surface area contributed by atoms with Crippen LogP contribution in [-0.4, -0.2) is 43.9 Å². The molecule has 0 spiro atoms. The van der Waals surface area contributed by atoms with Gasteiger partial charge in [0.1, 0.15) is 6.10 Å². The summed E-state index contributed by atoms with van der Waals surface area (Å²) < 4.78 is 24.0. The summed E-state index contributed by atoms with van der Waals surface area (Å²) in [4.78, 5) is 0. The van der Waals surface area contributed by atoms with Crippen LogP contribution >= 0.6 is 0 Å². The molecule has 4 nitrogen and oxygen atoms in total. The molecule has 27 heavy (non-hydrogen) atoms. The van der Waals surface area contributed by atoms with Gasteiger partial charge in [-0.15, -0.1) is 0 Å². The van der Waals surface area contributed by atoms with E-state index in [1.54, 1.807) is 0 Å². The first kappa shape index (κ1) is 24.9. The Balaban J connectivity index is 2.65. The maximum Gasteiger partial charge on any atom is 0.171 e. The van der Waals surface area contributed by atoms with E-state index in [2.05, 4.69) is 41.5 Å². The molecule has 1 fully saturated rings. The van der Waals surface area contributed by atoms with Gasteiger partial charge in [0, 0.05) is 12.5 Å². The lowest BCUT2D eigenvalue weighted by atomic mass is 9.87. The molecular formula is C23H46O4. The van der Waals surface area contributed by atoms with E-state index in [1.165, 1.54) is 38.5 Å². The molecule has 0 aromatic carbocycles. The number of ether oxygens (including phenoxy) is 4. The minimum atomic E-state index is -0.509. The average Bonchev–Trinajstić information content (AvgIpc) is 3.42. The minimum absolute atomic E-state index is 0.150. The van der Waals surface area contributed by atoms with Gasteiger partial charge in [-0.25, -0.2) is 0 Å². The molecular weight excluding hydrogens is 340 g/mol. The van der Waals surface area contributed by atoms with Crippen LogP contribution in [0, 0.1) is 5.92 Å². The van der Waals surface area contributed by atoms with Crippen molar-refractivity contribution in [2.45, 2.75) is 123 Å². The molecule has 0 bridgehead atoms. The number of hydrogen-bond acceptors (Lipinski definition) is 4. The summed E-state index contributed by atoms with van der Waals surface area (Å²) in [6, 6.07) is 0. The molecule has 1 aliphatic heterocycles. The molecule has 1 saturated heterocycles. The Kier molecular flexibility index (Phi) is 12.8. The number of hydrogen-bond donors (Lipinski definition) is 0. The van der Waals surface area contributed by atoms with Crippen LogP contribution in [0.1, 0.15) is 99.3 Å². The van der Waals surface area contributed by atoms with Crippen molar-refractivity contribution in [3.8, 4) is 0 Å². The van der Waals surface area contributed by atoms with E-state index in [9.17, 15) is 0 Å². The van der Waals surface area contributed by atoms with E-state index in [0.29, 0.717) is 12.0 Å². The number of epoxide rings is 1. The fourth-order valence-corrected chi connectivity index (χ4v) is 3.83. The van der Waals surface area contributed by atoms with Crippen LogP contribution < -0.4 is 0 Å². The Morgan fingerprint density at radius 2 is 1.48 bits per heavy atom. The van der Waals surface area contributed by atoms with Crippen molar-refractivity contribution >= 4 is 0 Å². The van der Waals surface area contributed by atoms with Gasteiger partial charge >= 0.3 is 0 Å². The van der Waals surface area contributed by atoms with Crippen molar-refractivity contribution in [1.82, 2.24) is 0 Å². The van der Waals surface area contributed by atoms with Crippen LogP contribution in [0.5, 0.6) is 0 Å². The first-order valence-corrected chi connectivity index (χ1v) is 11.5. The zero-order valence-corrected chi connectivity index (χ0v) is 18.9. The lowest BCUT2D eigenvalue weighted by Crippen LogP contribution is -2.47. The highest BCUT2D eigenvalue weighted by atomic mass is 16.7. The molecule has 0 radical (unpaired) electrons. The maximum atomic E-state index is 6.44. The quantitative estimate of drug-likeness (QED) is 0.162. The third-order valence-electron chi connectivity index (χ3n) is 5.21. The van der Waals surface area contributed by atoms with Crippen molar-refractivity contribution in [2.24, 2.45) is 5.92 Å². The molecule has 0 aromatic rings. The molecule has 0 amide bonds. The molecule has 2 atom stereocenters. The Hall–Kier alpha value is -0.160. The summed E-state index contributed by atoms with van der Waals surface area (Å²) in [7, 11) is 0. The number of unbranched alkanes of at least 4 members (excludes halogenated alkanes) is 5. The summed E-state index contributed by atoms with van der Waals surface area (Å²) in [6.45, 7) is 15.2. The molecule has 0 aliphatic carbocycles. The fraction of sp³-hybridized carbons (Fsp3) is 1.00. The first-order chi connectivity index (χ1) is 12.9. The second kappa shape index (κ2) is 13.9. The van der Waals surface area contributed by atoms with Crippen molar-refractivity contribution in [1.29, 1.82) is 0 Å². The molecule has 2 unspecified atom stereocenters. The van der Waals surface area contributed by atoms with Gasteiger partial charge in [0.05, 0.1) is 25.4 Å². The molecule has 1 heterocycles. The van der Waals surface area contributed by atoms with Crippen LogP contribution in [0.4, 0.5) is 0 Å². The summed E-state index contributed by atoms with van der Waals surface area (Å²) >= 11 is 0. The van der Waals surface area contributed by atoms with E-state index >= 15 is 0 Å². The lowest BCUT2D eigenvalue weighted by molar-refractivity contribution is -0.300. The van der Waals surface area contributed by atoms with Gasteiger partial charge < -0.3 is 18.9 Å². The average molecular weight is 387 g/mol. The smallest absolute Gasteiger partial charge is 0.171 e. The van der Waals surface area contributed by atoms with Crippen LogP contribution in [-0.2, 0) is 18.9 Å². The molecule has 0 saturated carbocycles. The molecule has 0 aromatic heterocycles. The van der Waals surface area contributed by atoms with E-state index in [4.69, 9.17) is 18.9 Å². The van der Waals surface area contributed by atoms with Crippen molar-refractivity contribution < 1.29 is 18.9 Å². The largest absolute Gasteiger partial charge is 0.379 e. The van der Waals surface area contributed by atoms with Crippen LogP contribution in [0.2, 0.25) is 0 Å². The summed E-state index contributed by atoms with van der Waals surface area (Å²) in [6.07, 6.45) is 11.5. The van der Waals surface area contributed by atoms with Gasteiger partial charge in [0.2, 0.25) is 0 Å². The maximum absolute atomic E-state index is 6.44. The second-order valence-electron chi connectivity index (χ2n) is 8.57. The van der Waals surface area contributed by atoms with Gasteiger partial charge in [-0.2, -0.15) is 0 Å². The molecule has 0 N–H and O–H groups in total. The van der Waals surface area contributed by atoms with Crippen molar-refractivity contribution in [2.75, 3.05) is 19.8 Å². The Labute approximate surface area is 168 Å². The normalized spacial score (nSPS) is 18.4. The van der Waals surface area contributed by atoms with Crippen LogP contribution in [0.15, 0.2) is 0 Å². The molecule has 162 valence electrons. The Morgan fingerprint density at radius 1 is 0.889 bits per heavy atom. The summed E-state index contributed by atoms with van der Waals surface area (Å²) in [5, 5.41) is 0. The zero-order valence-electron chi connectivity index (χ0n) is 18.9. The van der Waals surface area contributed by atoms with E-state index < -0.39 is 5.79 Å². The third kappa shape index (κ3) is 10.8. The number of rotatable bonds is 18. The van der Waals surface area contributed by atoms with Crippen LogP contribution in [0.3, 0.4) is 0 Å². The van der Waals surface area contributed by atoms with Crippen molar-refractivity contribution in [3.63, 3.8) is 0 Å². The highest BCUT2D eigenvalue weighted by molar-refractivity contribution is 4.81. The Bertz CT molecular complexity index is 342. The van der Waals surface area contributed by atoms with Crippen LogP contribution in [0.25, 0.3) is 0 Å². The first-order valence-electron chi connectivity index (χ1n) is 11.5. The van der Waals surface area contributed by atoms with Gasteiger partial charge in [-0.05, 0) is 47.0 Å². The van der Waals surface area contributed by atoms with Gasteiger partial charge in [-0.1, -0.05) is 52.4 Å². The highest BCUT2D eigenvalue weighted by Crippen LogP contribution is 2.36. The zero-order chi connectivity index (χ0) is 20.1. The fourth-order valence-electron chi connectivity index (χ4n) is 3.83. The highest BCUT2D eigenvalue weighted by Gasteiger charge is 2.40. The minimum Gasteiger partial charge on any atom is -0.379 e. The molecule has 1 rings (SSSR count). The third-order valence-corrected chi connectivity index (χ3v) is 5.21. The van der Waals surface area contributed by atoms with Crippen molar-refractivity contribution in [3.05, 3.63) is 0 Å². The standard InChI is InChI=1S/C23H46O4/c1-7-9-10-11-12-13-14-21(15-16-24-17-22-18-25-22)23(8-2,26-19(3)4)27-20(5)6/h19-22H,7-18H2,1-6H3. The lowest BCUT2D eigenvalue weighted by Gasteiger charge is -2.42. The van der Waals surface area contributed by atoms with E-state index in [1.807, 2.05) is 0 Å². The second-order valence-corrected chi connectivity index (χ2v) is 8.57. The van der Waals surface area contributed by atoms with Gasteiger partial charge in [-0.3, -0.25) is 0 Å². The van der Waals surface area contributed by atoms with E-state index in [-0.39, 0.29) is 12.2 Å². The summed E-state index contributed by atoms with van der Waals surface area (Å²) in [5.41, 5.74) is 0. The molecule has 4 heteroatoms. The topological polar surface area (TPSA) is 40.2 Å².